The Morgan fingerprint density at radius 3 is 2.38 bits per heavy atom. The van der Waals surface area contributed by atoms with Gasteiger partial charge in [-0.05, 0) is 45.1 Å². The van der Waals surface area contributed by atoms with Gasteiger partial charge >= 0.3 is 0 Å². The van der Waals surface area contributed by atoms with Crippen molar-refractivity contribution in [1.29, 1.82) is 0 Å². The first-order valence-electron chi connectivity index (χ1n) is 5.72. The van der Waals surface area contributed by atoms with Crippen molar-refractivity contribution in [3.05, 3.63) is 29.8 Å². The molecule has 0 aliphatic carbocycles. The van der Waals surface area contributed by atoms with Crippen LogP contribution >= 0.6 is 0 Å². The first-order chi connectivity index (χ1) is 7.59. The molecule has 0 aliphatic heterocycles. The van der Waals surface area contributed by atoms with Crippen LogP contribution in [0.3, 0.4) is 0 Å². The summed E-state index contributed by atoms with van der Waals surface area (Å²) in [4.78, 5) is 2.16. The van der Waals surface area contributed by atoms with Crippen LogP contribution < -0.4 is 10.5 Å². The minimum Gasteiger partial charge on any atom is -0.494 e. The van der Waals surface area contributed by atoms with Gasteiger partial charge in [0.05, 0.1) is 6.61 Å². The number of rotatable bonds is 6. The van der Waals surface area contributed by atoms with E-state index >= 15 is 0 Å². The van der Waals surface area contributed by atoms with Gasteiger partial charge < -0.3 is 15.4 Å². The standard InChI is InChI=1S/C13H22N2O/c1-11(14)12-5-7-13(8-6-12)16-10-4-9-15(2)3/h5-8,11H,4,9-10,14H2,1-3H3/t11-/m1/s1. The fourth-order valence-corrected chi connectivity index (χ4v) is 1.44. The molecule has 0 aromatic heterocycles. The molecule has 16 heavy (non-hydrogen) atoms. The third kappa shape index (κ3) is 4.64. The van der Waals surface area contributed by atoms with Crippen LogP contribution in [0.2, 0.25) is 0 Å². The summed E-state index contributed by atoms with van der Waals surface area (Å²) < 4.78 is 5.62. The van der Waals surface area contributed by atoms with Crippen molar-refractivity contribution in [2.75, 3.05) is 27.2 Å². The molecule has 0 bridgehead atoms. The third-order valence-corrected chi connectivity index (χ3v) is 2.42. The molecule has 1 rings (SSSR count). The molecular formula is C13H22N2O. The van der Waals surface area contributed by atoms with Crippen molar-refractivity contribution in [2.24, 2.45) is 5.73 Å². The molecule has 3 heteroatoms. The van der Waals surface area contributed by atoms with Crippen LogP contribution in [-0.4, -0.2) is 32.1 Å². The molecule has 0 amide bonds. The monoisotopic (exact) mass is 222 g/mol. The largest absolute Gasteiger partial charge is 0.494 e. The topological polar surface area (TPSA) is 38.5 Å². The van der Waals surface area contributed by atoms with Gasteiger partial charge in [-0.25, -0.2) is 0 Å². The van der Waals surface area contributed by atoms with E-state index in [9.17, 15) is 0 Å². The van der Waals surface area contributed by atoms with Gasteiger partial charge in [0.1, 0.15) is 5.75 Å². The molecule has 90 valence electrons. The number of nitrogens with zero attached hydrogens (tertiary/aromatic N) is 1. The number of hydrogen-bond acceptors (Lipinski definition) is 3. The lowest BCUT2D eigenvalue weighted by atomic mass is 10.1. The molecule has 1 aromatic rings. The Balaban J connectivity index is 2.32. The van der Waals surface area contributed by atoms with Crippen LogP contribution in [0.4, 0.5) is 0 Å². The van der Waals surface area contributed by atoms with E-state index in [4.69, 9.17) is 10.5 Å². The van der Waals surface area contributed by atoms with Crippen LogP contribution in [0.1, 0.15) is 24.9 Å². The van der Waals surface area contributed by atoms with Crippen LogP contribution in [-0.2, 0) is 0 Å². The molecular weight excluding hydrogens is 200 g/mol. The van der Waals surface area contributed by atoms with Crippen molar-refractivity contribution in [3.63, 3.8) is 0 Å². The molecule has 0 spiro atoms. The maximum absolute atomic E-state index is 5.77. The summed E-state index contributed by atoms with van der Waals surface area (Å²) in [6, 6.07) is 8.09. The van der Waals surface area contributed by atoms with Gasteiger partial charge in [0.25, 0.3) is 0 Å². The highest BCUT2D eigenvalue weighted by Crippen LogP contribution is 2.16. The van der Waals surface area contributed by atoms with Crippen LogP contribution in [0.25, 0.3) is 0 Å². The quantitative estimate of drug-likeness (QED) is 0.749. The highest BCUT2D eigenvalue weighted by Gasteiger charge is 1.99. The summed E-state index contributed by atoms with van der Waals surface area (Å²) in [5.74, 6) is 0.920. The van der Waals surface area contributed by atoms with Gasteiger partial charge in [-0.3, -0.25) is 0 Å². The smallest absolute Gasteiger partial charge is 0.119 e. The van der Waals surface area contributed by atoms with Crippen LogP contribution in [0.15, 0.2) is 24.3 Å². The van der Waals surface area contributed by atoms with Crippen molar-refractivity contribution in [2.45, 2.75) is 19.4 Å². The molecule has 0 fully saturated rings. The maximum Gasteiger partial charge on any atom is 0.119 e. The summed E-state index contributed by atoms with van der Waals surface area (Å²) in [6.45, 7) is 3.79. The van der Waals surface area contributed by atoms with E-state index in [1.54, 1.807) is 0 Å². The molecule has 0 saturated heterocycles. The summed E-state index contributed by atoms with van der Waals surface area (Å²) in [5.41, 5.74) is 6.91. The fourth-order valence-electron chi connectivity index (χ4n) is 1.44. The van der Waals surface area contributed by atoms with Crippen molar-refractivity contribution in [3.8, 4) is 5.75 Å². The number of hydrogen-bond donors (Lipinski definition) is 1. The van der Waals surface area contributed by atoms with Crippen molar-refractivity contribution < 1.29 is 4.74 Å². The Bertz CT molecular complexity index is 293. The highest BCUT2D eigenvalue weighted by molar-refractivity contribution is 5.28. The normalized spacial score (nSPS) is 12.8. The van der Waals surface area contributed by atoms with E-state index < -0.39 is 0 Å². The third-order valence-electron chi connectivity index (χ3n) is 2.42. The van der Waals surface area contributed by atoms with E-state index in [0.717, 1.165) is 30.9 Å². The zero-order valence-corrected chi connectivity index (χ0v) is 10.4. The minimum atomic E-state index is 0.0859. The van der Waals surface area contributed by atoms with Crippen molar-refractivity contribution in [1.82, 2.24) is 4.90 Å². The summed E-state index contributed by atoms with van der Waals surface area (Å²) in [5, 5.41) is 0. The predicted molar refractivity (Wildman–Crippen MR) is 67.7 cm³/mol. The number of benzene rings is 1. The second kappa shape index (κ2) is 6.51. The Labute approximate surface area is 98.2 Å². The van der Waals surface area contributed by atoms with Crippen molar-refractivity contribution >= 4 is 0 Å². The maximum atomic E-state index is 5.77. The van der Waals surface area contributed by atoms with Gasteiger partial charge in [-0.1, -0.05) is 12.1 Å². The number of ether oxygens (including phenoxy) is 1. The zero-order valence-electron chi connectivity index (χ0n) is 10.4. The fraction of sp³-hybridized carbons (Fsp3) is 0.538. The first-order valence-corrected chi connectivity index (χ1v) is 5.72. The highest BCUT2D eigenvalue weighted by atomic mass is 16.5. The lowest BCUT2D eigenvalue weighted by Gasteiger charge is -2.11. The van der Waals surface area contributed by atoms with Gasteiger partial charge in [-0.2, -0.15) is 0 Å². The van der Waals surface area contributed by atoms with Gasteiger partial charge in [-0.15, -0.1) is 0 Å². The summed E-state index contributed by atoms with van der Waals surface area (Å²) >= 11 is 0. The second-order valence-electron chi connectivity index (χ2n) is 4.36. The Hall–Kier alpha value is -1.06. The Morgan fingerprint density at radius 2 is 1.88 bits per heavy atom. The van der Waals surface area contributed by atoms with Gasteiger partial charge in [0.15, 0.2) is 0 Å². The molecule has 0 radical (unpaired) electrons. The average molecular weight is 222 g/mol. The molecule has 3 nitrogen and oxygen atoms in total. The average Bonchev–Trinajstić information content (AvgIpc) is 2.25. The van der Waals surface area contributed by atoms with E-state index in [2.05, 4.69) is 19.0 Å². The summed E-state index contributed by atoms with van der Waals surface area (Å²) in [7, 11) is 4.13. The predicted octanol–water partition coefficient (Wildman–Crippen LogP) is 2.04. The zero-order chi connectivity index (χ0) is 12.0. The van der Waals surface area contributed by atoms with Gasteiger partial charge in [0, 0.05) is 12.6 Å². The Morgan fingerprint density at radius 1 is 1.25 bits per heavy atom. The van der Waals surface area contributed by atoms with Gasteiger partial charge in [0.2, 0.25) is 0 Å². The lowest BCUT2D eigenvalue weighted by Crippen LogP contribution is -2.15. The molecule has 0 heterocycles. The Kier molecular flexibility index (Phi) is 5.29. The SMILES string of the molecule is C[C@@H](N)c1ccc(OCCCN(C)C)cc1. The molecule has 0 unspecified atom stereocenters. The minimum absolute atomic E-state index is 0.0859. The molecule has 0 saturated carbocycles. The number of nitrogens with two attached hydrogens (primary N) is 1. The van der Waals surface area contributed by atoms with E-state index in [0.29, 0.717) is 0 Å². The van der Waals surface area contributed by atoms with E-state index in [1.165, 1.54) is 0 Å². The molecule has 1 atom stereocenters. The first kappa shape index (κ1) is 13.0. The summed E-state index contributed by atoms with van der Waals surface area (Å²) in [6.07, 6.45) is 1.04. The molecule has 0 aliphatic rings. The second-order valence-corrected chi connectivity index (χ2v) is 4.36. The van der Waals surface area contributed by atoms with E-state index in [1.807, 2.05) is 31.2 Å². The van der Waals surface area contributed by atoms with E-state index in [-0.39, 0.29) is 6.04 Å². The lowest BCUT2D eigenvalue weighted by molar-refractivity contribution is 0.281. The molecule has 2 N–H and O–H groups in total. The molecule has 1 aromatic carbocycles. The van der Waals surface area contributed by atoms with Crippen LogP contribution in [0.5, 0.6) is 5.75 Å². The van der Waals surface area contributed by atoms with Crippen LogP contribution in [0, 0.1) is 0 Å².